The Bertz CT molecular complexity index is 1040. The number of amides is 1. The molecule has 0 bridgehead atoms. The van der Waals surface area contributed by atoms with Crippen LogP contribution < -0.4 is 15.6 Å². The lowest BCUT2D eigenvalue weighted by Gasteiger charge is -2.13. The summed E-state index contributed by atoms with van der Waals surface area (Å²) in [7, 11) is 1.35. The Balaban J connectivity index is 2.03. The van der Waals surface area contributed by atoms with E-state index in [0.29, 0.717) is 11.4 Å². The van der Waals surface area contributed by atoms with Gasteiger partial charge in [0.05, 0.1) is 24.6 Å². The zero-order valence-corrected chi connectivity index (χ0v) is 15.4. The average Bonchev–Trinajstić information content (AvgIpc) is 2.68. The number of thioether (sulfide) groups is 1. The summed E-state index contributed by atoms with van der Waals surface area (Å²) in [6, 6.07) is 13.7. The molecule has 0 saturated heterocycles. The Hall–Kier alpha value is -3.13. The highest BCUT2D eigenvalue weighted by Crippen LogP contribution is 2.26. The maximum Gasteiger partial charge on any atom is 0.280 e. The summed E-state index contributed by atoms with van der Waals surface area (Å²) >= 11 is 1.49. The van der Waals surface area contributed by atoms with Crippen LogP contribution in [0.3, 0.4) is 0 Å². The molecule has 3 rings (SSSR count). The summed E-state index contributed by atoms with van der Waals surface area (Å²) in [5.74, 6) is -0.909. The summed E-state index contributed by atoms with van der Waals surface area (Å²) in [5.41, 5.74) is 0.401. The average molecular weight is 385 g/mol. The van der Waals surface area contributed by atoms with Crippen LogP contribution in [0.15, 0.2) is 64.3 Å². The molecular weight excluding hydrogens is 369 g/mol. The topological polar surface area (TPSA) is 73.2 Å². The number of halogens is 1. The fourth-order valence-electron chi connectivity index (χ4n) is 2.45. The summed E-state index contributed by atoms with van der Waals surface area (Å²) in [4.78, 5) is 26.0. The molecular formula is C19H16FN3O3S. The molecule has 138 valence electrons. The second kappa shape index (κ2) is 8.05. The number of carbonyl (C=O) groups is 1. The number of methoxy groups -OCH3 is 1. The molecule has 0 saturated carbocycles. The van der Waals surface area contributed by atoms with Crippen molar-refractivity contribution in [3.63, 3.8) is 0 Å². The molecule has 0 aliphatic rings. The lowest BCUT2D eigenvalue weighted by Crippen LogP contribution is -2.26. The minimum absolute atomic E-state index is 0.0532. The first-order valence-corrected chi connectivity index (χ1v) is 9.14. The lowest BCUT2D eigenvalue weighted by molar-refractivity contribution is 0.101. The Labute approximate surface area is 159 Å². The highest BCUT2D eigenvalue weighted by Gasteiger charge is 2.19. The van der Waals surface area contributed by atoms with E-state index in [0.717, 1.165) is 9.58 Å². The van der Waals surface area contributed by atoms with Crippen molar-refractivity contribution in [2.24, 2.45) is 0 Å². The number of rotatable bonds is 5. The molecule has 0 fully saturated rings. The van der Waals surface area contributed by atoms with Gasteiger partial charge in [0.25, 0.3) is 11.5 Å². The smallest absolute Gasteiger partial charge is 0.280 e. The van der Waals surface area contributed by atoms with Crippen LogP contribution >= 0.6 is 11.8 Å². The molecule has 1 N–H and O–H groups in total. The van der Waals surface area contributed by atoms with Crippen LogP contribution in [-0.2, 0) is 0 Å². The number of carbonyl (C=O) groups excluding carboxylic acids is 1. The van der Waals surface area contributed by atoms with Crippen LogP contribution in [0.25, 0.3) is 5.69 Å². The van der Waals surface area contributed by atoms with Crippen molar-refractivity contribution in [3.8, 4) is 11.4 Å². The summed E-state index contributed by atoms with van der Waals surface area (Å²) < 4.78 is 19.3. The van der Waals surface area contributed by atoms with Crippen molar-refractivity contribution in [1.29, 1.82) is 0 Å². The van der Waals surface area contributed by atoms with Crippen LogP contribution in [0.4, 0.5) is 10.1 Å². The van der Waals surface area contributed by atoms with Crippen molar-refractivity contribution >= 4 is 23.4 Å². The van der Waals surface area contributed by atoms with Crippen molar-refractivity contribution in [2.45, 2.75) is 4.90 Å². The van der Waals surface area contributed by atoms with E-state index in [1.807, 2.05) is 18.4 Å². The van der Waals surface area contributed by atoms with Crippen LogP contribution in [0.5, 0.6) is 5.75 Å². The first-order chi connectivity index (χ1) is 13.0. The normalized spacial score (nSPS) is 10.5. The van der Waals surface area contributed by atoms with E-state index in [4.69, 9.17) is 4.74 Å². The Morgan fingerprint density at radius 2 is 1.89 bits per heavy atom. The minimum Gasteiger partial charge on any atom is -0.494 e. The second-order valence-electron chi connectivity index (χ2n) is 5.44. The largest absolute Gasteiger partial charge is 0.494 e. The van der Waals surface area contributed by atoms with Crippen LogP contribution in [0.1, 0.15) is 10.5 Å². The van der Waals surface area contributed by atoms with E-state index in [9.17, 15) is 14.0 Å². The molecule has 0 spiro atoms. The lowest BCUT2D eigenvalue weighted by atomic mass is 10.2. The highest BCUT2D eigenvalue weighted by molar-refractivity contribution is 7.98. The van der Waals surface area contributed by atoms with E-state index in [-0.39, 0.29) is 11.4 Å². The van der Waals surface area contributed by atoms with E-state index in [1.54, 1.807) is 12.1 Å². The standard InChI is InChI=1S/C19H16FN3O3S/c1-26-15-11-17(24)23(13-9-7-12(20)8-10-13)22-18(15)19(25)21-14-5-3-4-6-16(14)27-2/h3-11H,1-2H3,(H,21,25). The molecule has 3 aromatic rings. The summed E-state index contributed by atoms with van der Waals surface area (Å²) in [5, 5.41) is 6.91. The molecule has 1 amide bonds. The molecule has 0 unspecified atom stereocenters. The number of aromatic nitrogens is 2. The number of ether oxygens (including phenoxy) is 1. The summed E-state index contributed by atoms with van der Waals surface area (Å²) in [6.07, 6.45) is 1.90. The van der Waals surface area contributed by atoms with Gasteiger partial charge >= 0.3 is 0 Å². The van der Waals surface area contributed by atoms with Crippen LogP contribution in [0.2, 0.25) is 0 Å². The first-order valence-electron chi connectivity index (χ1n) is 7.92. The predicted octanol–water partition coefficient (Wildman–Crippen LogP) is 3.35. The van der Waals surface area contributed by atoms with Gasteiger partial charge in [-0.1, -0.05) is 12.1 Å². The molecule has 0 radical (unpaired) electrons. The number of para-hydroxylation sites is 1. The molecule has 1 aromatic heterocycles. The van der Waals surface area contributed by atoms with Gasteiger partial charge < -0.3 is 10.1 Å². The van der Waals surface area contributed by atoms with Gasteiger partial charge in [-0.2, -0.15) is 9.78 Å². The quantitative estimate of drug-likeness (QED) is 0.682. The molecule has 1 heterocycles. The third kappa shape index (κ3) is 4.01. The van der Waals surface area contributed by atoms with Gasteiger partial charge in [-0.25, -0.2) is 4.39 Å². The van der Waals surface area contributed by atoms with E-state index >= 15 is 0 Å². The van der Waals surface area contributed by atoms with Crippen molar-refractivity contribution < 1.29 is 13.9 Å². The zero-order valence-electron chi connectivity index (χ0n) is 14.6. The monoisotopic (exact) mass is 385 g/mol. The minimum atomic E-state index is -0.524. The Kier molecular flexibility index (Phi) is 5.56. The van der Waals surface area contributed by atoms with Gasteiger partial charge in [0.15, 0.2) is 11.4 Å². The Morgan fingerprint density at radius 1 is 1.19 bits per heavy atom. The second-order valence-corrected chi connectivity index (χ2v) is 6.29. The van der Waals surface area contributed by atoms with Gasteiger partial charge in [-0.15, -0.1) is 11.8 Å². The maximum atomic E-state index is 13.1. The number of hydrogen-bond acceptors (Lipinski definition) is 5. The van der Waals surface area contributed by atoms with Gasteiger partial charge in [0.2, 0.25) is 0 Å². The van der Waals surface area contributed by atoms with Gasteiger partial charge in [-0.05, 0) is 42.7 Å². The third-order valence-corrected chi connectivity index (χ3v) is 4.55. The SMILES string of the molecule is COc1cc(=O)n(-c2ccc(F)cc2)nc1C(=O)Nc1ccccc1SC. The Morgan fingerprint density at radius 3 is 2.56 bits per heavy atom. The van der Waals surface area contributed by atoms with Crippen LogP contribution in [-0.4, -0.2) is 29.1 Å². The number of nitrogens with one attached hydrogen (secondary N) is 1. The number of anilines is 1. The molecule has 6 nitrogen and oxygen atoms in total. The summed E-state index contributed by atoms with van der Waals surface area (Å²) in [6.45, 7) is 0. The number of hydrogen-bond donors (Lipinski definition) is 1. The fourth-order valence-corrected chi connectivity index (χ4v) is 3.00. The zero-order chi connectivity index (χ0) is 19.4. The third-order valence-electron chi connectivity index (χ3n) is 3.76. The predicted molar refractivity (Wildman–Crippen MR) is 103 cm³/mol. The molecule has 0 aliphatic heterocycles. The van der Waals surface area contributed by atoms with E-state index in [2.05, 4.69) is 10.4 Å². The van der Waals surface area contributed by atoms with E-state index < -0.39 is 17.3 Å². The first kappa shape index (κ1) is 18.7. The maximum absolute atomic E-state index is 13.1. The van der Waals surface area contributed by atoms with Crippen molar-refractivity contribution in [2.75, 3.05) is 18.7 Å². The van der Waals surface area contributed by atoms with Gasteiger partial charge in [-0.3, -0.25) is 9.59 Å². The molecule has 0 aliphatic carbocycles. The number of nitrogens with zero attached hydrogens (tertiary/aromatic N) is 2. The van der Waals surface area contributed by atoms with Crippen LogP contribution in [0, 0.1) is 5.82 Å². The highest BCUT2D eigenvalue weighted by atomic mass is 32.2. The van der Waals surface area contributed by atoms with Gasteiger partial charge in [0.1, 0.15) is 5.82 Å². The van der Waals surface area contributed by atoms with E-state index in [1.165, 1.54) is 49.2 Å². The number of benzene rings is 2. The molecule has 27 heavy (non-hydrogen) atoms. The molecule has 2 aromatic carbocycles. The fraction of sp³-hybridized carbons (Fsp3) is 0.105. The molecule has 8 heteroatoms. The van der Waals surface area contributed by atoms with Crippen molar-refractivity contribution in [3.05, 3.63) is 76.5 Å². The van der Waals surface area contributed by atoms with Gasteiger partial charge in [0, 0.05) is 4.90 Å². The molecule has 0 atom stereocenters. The van der Waals surface area contributed by atoms with Crippen molar-refractivity contribution in [1.82, 2.24) is 9.78 Å².